The predicted molar refractivity (Wildman–Crippen MR) is 135 cm³/mol. The predicted octanol–water partition coefficient (Wildman–Crippen LogP) is -0.527. The third kappa shape index (κ3) is 7.84. The first kappa shape index (κ1) is 28.8. The number of carboxylic acid groups (broad SMARTS) is 3. The third-order valence-corrected chi connectivity index (χ3v) is 6.63. The number of nitrogens with zero attached hydrogens (tertiary/aromatic N) is 2. The minimum atomic E-state index is -1.46. The molecule has 0 aliphatic carbocycles. The van der Waals surface area contributed by atoms with E-state index in [9.17, 15) is 33.9 Å². The van der Waals surface area contributed by atoms with Gasteiger partial charge in [0.2, 0.25) is 11.9 Å². The number of thiazole rings is 1. The Kier molecular flexibility index (Phi) is 9.32. The second-order valence-electron chi connectivity index (χ2n) is 8.41. The largest absolute Gasteiger partial charge is 0.481 e. The van der Waals surface area contributed by atoms with Gasteiger partial charge < -0.3 is 36.7 Å². The minimum absolute atomic E-state index is 0.00784. The Morgan fingerprint density at radius 3 is 2.33 bits per heavy atom. The van der Waals surface area contributed by atoms with Gasteiger partial charge >= 0.3 is 17.9 Å². The summed E-state index contributed by atoms with van der Waals surface area (Å²) < 4.78 is 0. The molecular formula is C22H25N7O9S. The second kappa shape index (κ2) is 12.6. The van der Waals surface area contributed by atoms with Gasteiger partial charge in [0.25, 0.3) is 11.5 Å². The van der Waals surface area contributed by atoms with Crippen molar-refractivity contribution >= 4 is 58.0 Å². The first-order chi connectivity index (χ1) is 18.4. The van der Waals surface area contributed by atoms with Crippen LogP contribution in [-0.4, -0.2) is 77.1 Å². The molecule has 0 unspecified atom stereocenters. The number of carbonyl (C=O) groups is 5. The maximum absolute atomic E-state index is 12.6. The van der Waals surface area contributed by atoms with Crippen molar-refractivity contribution in [2.75, 3.05) is 5.73 Å². The first-order valence-electron chi connectivity index (χ1n) is 11.5. The van der Waals surface area contributed by atoms with Crippen LogP contribution >= 0.6 is 11.3 Å². The van der Waals surface area contributed by atoms with Crippen LogP contribution in [0.2, 0.25) is 0 Å². The van der Waals surface area contributed by atoms with Gasteiger partial charge in [-0.25, -0.2) is 14.6 Å². The van der Waals surface area contributed by atoms with Crippen molar-refractivity contribution < 1.29 is 39.3 Å². The zero-order valence-electron chi connectivity index (χ0n) is 20.2. The molecular weight excluding hydrogens is 538 g/mol. The lowest BCUT2D eigenvalue weighted by Gasteiger charge is -2.16. The summed E-state index contributed by atoms with van der Waals surface area (Å²) in [5, 5.41) is 32.1. The molecule has 17 heteroatoms. The number of nitrogens with two attached hydrogens (primary N) is 1. The van der Waals surface area contributed by atoms with Crippen LogP contribution in [0.5, 0.6) is 0 Å². The fourth-order valence-corrected chi connectivity index (χ4v) is 4.46. The number of amides is 2. The Hall–Kier alpha value is -4.80. The standard InChI is InChI=1S/C22H25N7O9S/c23-22-28-16-15(17(33)29-22)9(7-24-16)1-2-10-8-25-19(39-10)18(34)27-12(21(37)38)3-5-13(30)26-11(20(35)36)4-6-14(31)32/h7-8,11-12H,1-6H2,(H,26,30)(H,27,34)(H,31,32)(H,35,36)(H,37,38)(H4,23,24,28,29,33)/t11-,12-/m0/s1. The summed E-state index contributed by atoms with van der Waals surface area (Å²) in [4.78, 5) is 84.4. The molecule has 0 spiro atoms. The molecule has 3 rings (SSSR count). The SMILES string of the molecule is Nc1nc2[nH]cc(CCc3cnc(C(=O)N[C@@H](CCC(=O)N[C@@H](CCC(=O)O)C(=O)O)C(=O)O)s3)c2c(=O)[nH]1. The molecule has 3 aromatic heterocycles. The number of aryl methyl sites for hydroxylation is 2. The Morgan fingerprint density at radius 1 is 1.00 bits per heavy atom. The number of H-pyrrole nitrogens is 2. The molecule has 0 aliphatic heterocycles. The molecule has 39 heavy (non-hydrogen) atoms. The van der Waals surface area contributed by atoms with Crippen molar-refractivity contribution in [1.82, 2.24) is 30.6 Å². The van der Waals surface area contributed by atoms with E-state index >= 15 is 0 Å². The molecule has 3 heterocycles. The lowest BCUT2D eigenvalue weighted by molar-refractivity contribution is -0.143. The summed E-state index contributed by atoms with van der Waals surface area (Å²) in [6, 6.07) is -2.91. The highest BCUT2D eigenvalue weighted by atomic mass is 32.1. The van der Waals surface area contributed by atoms with Gasteiger partial charge in [-0.2, -0.15) is 4.98 Å². The maximum Gasteiger partial charge on any atom is 0.326 e. The molecule has 9 N–H and O–H groups in total. The highest BCUT2D eigenvalue weighted by Crippen LogP contribution is 2.19. The molecule has 0 radical (unpaired) electrons. The van der Waals surface area contributed by atoms with Gasteiger partial charge in [-0.05, 0) is 31.2 Å². The Labute approximate surface area is 222 Å². The molecule has 0 aliphatic rings. The van der Waals surface area contributed by atoms with Gasteiger partial charge in [0, 0.05) is 30.1 Å². The molecule has 2 atom stereocenters. The lowest BCUT2D eigenvalue weighted by Crippen LogP contribution is -2.44. The Balaban J connectivity index is 1.55. The molecule has 0 aromatic carbocycles. The van der Waals surface area contributed by atoms with Gasteiger partial charge in [-0.1, -0.05) is 0 Å². The number of hydrogen-bond acceptors (Lipinski definition) is 10. The van der Waals surface area contributed by atoms with Crippen molar-refractivity contribution in [2.45, 2.75) is 50.6 Å². The second-order valence-corrected chi connectivity index (χ2v) is 9.53. The normalized spacial score (nSPS) is 12.5. The number of aromatic amines is 2. The van der Waals surface area contributed by atoms with Crippen LogP contribution < -0.4 is 21.9 Å². The van der Waals surface area contributed by atoms with E-state index in [1.165, 1.54) is 6.20 Å². The quantitative estimate of drug-likeness (QED) is 0.123. The van der Waals surface area contributed by atoms with E-state index in [1.54, 1.807) is 6.20 Å². The number of hydrogen-bond donors (Lipinski definition) is 8. The van der Waals surface area contributed by atoms with E-state index in [0.717, 1.165) is 11.3 Å². The fraction of sp³-hybridized carbons (Fsp3) is 0.364. The average Bonchev–Trinajstić information content (AvgIpc) is 3.49. The van der Waals surface area contributed by atoms with Crippen LogP contribution in [0.25, 0.3) is 11.0 Å². The number of fused-ring (bicyclic) bond motifs is 1. The molecule has 0 fully saturated rings. The first-order valence-corrected chi connectivity index (χ1v) is 12.3. The summed E-state index contributed by atoms with van der Waals surface area (Å²) >= 11 is 1.03. The fourth-order valence-electron chi connectivity index (χ4n) is 3.65. The van der Waals surface area contributed by atoms with Crippen LogP contribution in [0, 0.1) is 0 Å². The minimum Gasteiger partial charge on any atom is -0.481 e. The molecule has 16 nitrogen and oxygen atoms in total. The third-order valence-electron chi connectivity index (χ3n) is 5.57. The van der Waals surface area contributed by atoms with Gasteiger partial charge in [-0.15, -0.1) is 11.3 Å². The van der Waals surface area contributed by atoms with E-state index < -0.39 is 54.6 Å². The summed E-state index contributed by atoms with van der Waals surface area (Å²) in [6.07, 6.45) is 2.36. The van der Waals surface area contributed by atoms with Gasteiger partial charge in [-0.3, -0.25) is 24.2 Å². The lowest BCUT2D eigenvalue weighted by atomic mass is 10.1. The van der Waals surface area contributed by atoms with Gasteiger partial charge in [0.05, 0.1) is 5.39 Å². The number of anilines is 1. The van der Waals surface area contributed by atoms with E-state index in [4.69, 9.17) is 15.9 Å². The summed E-state index contributed by atoms with van der Waals surface area (Å²) in [6.45, 7) is 0. The topological polar surface area (TPSA) is 271 Å². The number of aliphatic carboxylic acids is 3. The van der Waals surface area contributed by atoms with Crippen molar-refractivity contribution in [2.24, 2.45) is 0 Å². The highest BCUT2D eigenvalue weighted by molar-refractivity contribution is 7.13. The van der Waals surface area contributed by atoms with E-state index in [1.807, 2.05) is 0 Å². The van der Waals surface area contributed by atoms with Gasteiger partial charge in [0.1, 0.15) is 17.7 Å². The number of aromatic nitrogens is 4. The molecule has 208 valence electrons. The van der Waals surface area contributed by atoms with Crippen LogP contribution in [0.3, 0.4) is 0 Å². The zero-order valence-corrected chi connectivity index (χ0v) is 21.0. The Bertz CT molecular complexity index is 1460. The smallest absolute Gasteiger partial charge is 0.326 e. The highest BCUT2D eigenvalue weighted by Gasteiger charge is 2.25. The van der Waals surface area contributed by atoms with Crippen LogP contribution in [-0.2, 0) is 32.0 Å². The molecule has 0 bridgehead atoms. The van der Waals surface area contributed by atoms with Crippen LogP contribution in [0.15, 0.2) is 17.2 Å². The van der Waals surface area contributed by atoms with E-state index in [-0.39, 0.29) is 29.4 Å². The number of carboxylic acids is 3. The molecule has 2 amide bonds. The maximum atomic E-state index is 12.6. The van der Waals surface area contributed by atoms with Crippen LogP contribution in [0.4, 0.5) is 5.95 Å². The Morgan fingerprint density at radius 2 is 1.67 bits per heavy atom. The van der Waals surface area contributed by atoms with Crippen LogP contribution in [0.1, 0.15) is 45.9 Å². The number of nitrogens with one attached hydrogen (secondary N) is 4. The monoisotopic (exact) mass is 563 g/mol. The molecule has 0 saturated heterocycles. The average molecular weight is 564 g/mol. The number of rotatable bonds is 14. The van der Waals surface area contributed by atoms with Crippen molar-refractivity contribution in [3.05, 3.63) is 38.2 Å². The zero-order chi connectivity index (χ0) is 28.7. The summed E-state index contributed by atoms with van der Waals surface area (Å²) in [7, 11) is 0. The molecule has 0 saturated carbocycles. The number of carbonyl (C=O) groups excluding carboxylic acids is 2. The van der Waals surface area contributed by atoms with Crippen molar-refractivity contribution in [3.63, 3.8) is 0 Å². The van der Waals surface area contributed by atoms with E-state index in [2.05, 4.69) is 30.6 Å². The summed E-state index contributed by atoms with van der Waals surface area (Å²) in [5.74, 6) is -5.66. The van der Waals surface area contributed by atoms with Crippen molar-refractivity contribution in [1.29, 1.82) is 0 Å². The van der Waals surface area contributed by atoms with E-state index in [0.29, 0.717) is 34.3 Å². The van der Waals surface area contributed by atoms with Gasteiger partial charge in [0.15, 0.2) is 5.01 Å². The molecule has 3 aromatic rings. The number of nitrogen functional groups attached to an aromatic ring is 1. The summed E-state index contributed by atoms with van der Waals surface area (Å²) in [5.41, 5.74) is 6.20. The van der Waals surface area contributed by atoms with Crippen molar-refractivity contribution in [3.8, 4) is 0 Å².